The van der Waals surface area contributed by atoms with Crippen molar-refractivity contribution in [1.82, 2.24) is 0 Å². The van der Waals surface area contributed by atoms with Crippen LogP contribution in [0.1, 0.15) is 119 Å². The Hall–Kier alpha value is -2.62. The molecule has 4 heteroatoms. The lowest BCUT2D eigenvalue weighted by molar-refractivity contribution is 0.0497. The molecule has 2 rings (SSSR count). The number of nitrogens with zero attached hydrogens (tertiary/aromatic N) is 1. The van der Waals surface area contributed by atoms with E-state index in [1.807, 2.05) is 30.3 Å². The lowest BCUT2D eigenvalue weighted by atomic mass is 10.0. The number of para-hydroxylation sites is 1. The van der Waals surface area contributed by atoms with Gasteiger partial charge in [0.25, 0.3) is 0 Å². The van der Waals surface area contributed by atoms with E-state index >= 15 is 0 Å². The van der Waals surface area contributed by atoms with E-state index in [1.54, 1.807) is 18.3 Å². The zero-order valence-electron chi connectivity index (χ0n) is 21.7. The summed E-state index contributed by atoms with van der Waals surface area (Å²) in [6, 6.07) is 14.3. The van der Waals surface area contributed by atoms with Crippen LogP contribution < -0.4 is 0 Å². The maximum atomic E-state index is 12.3. The molecule has 0 heterocycles. The molecule has 1 N–H and O–H groups in total. The number of carbonyl (C=O) groups is 1. The van der Waals surface area contributed by atoms with E-state index in [1.165, 1.54) is 89.5 Å². The van der Waals surface area contributed by atoms with Gasteiger partial charge < -0.3 is 9.84 Å². The minimum atomic E-state index is -0.391. The Kier molecular flexibility index (Phi) is 15.3. The van der Waals surface area contributed by atoms with Crippen LogP contribution in [0.4, 0.5) is 5.69 Å². The maximum Gasteiger partial charge on any atom is 0.338 e. The fourth-order valence-electron chi connectivity index (χ4n) is 4.16. The fraction of sp³-hybridized carbons (Fsp3) is 0.548. The third-order valence-corrected chi connectivity index (χ3v) is 6.36. The molecule has 2 aromatic carbocycles. The SMILES string of the molecule is CCCCCCCCCCCCCCCCCOC(=O)c1ccc(C=Nc2ccccc2)c(O)c1. The van der Waals surface area contributed by atoms with Crippen LogP contribution in [0.15, 0.2) is 53.5 Å². The number of phenols is 1. The number of hydrogen-bond donors (Lipinski definition) is 1. The predicted molar refractivity (Wildman–Crippen MR) is 147 cm³/mol. The molecule has 0 bridgehead atoms. The molecule has 0 aliphatic heterocycles. The van der Waals surface area contributed by atoms with E-state index in [9.17, 15) is 9.90 Å². The first-order valence-corrected chi connectivity index (χ1v) is 13.8. The normalized spacial score (nSPS) is 11.2. The molecule has 35 heavy (non-hydrogen) atoms. The Balaban J connectivity index is 1.48. The van der Waals surface area contributed by atoms with Gasteiger partial charge >= 0.3 is 5.97 Å². The first kappa shape index (κ1) is 28.6. The summed E-state index contributed by atoms with van der Waals surface area (Å²) in [4.78, 5) is 16.6. The molecule has 0 aliphatic rings. The third kappa shape index (κ3) is 13.2. The number of benzene rings is 2. The van der Waals surface area contributed by atoms with Crippen molar-refractivity contribution in [3.63, 3.8) is 0 Å². The second-order valence-corrected chi connectivity index (χ2v) is 9.45. The minimum absolute atomic E-state index is 0.0195. The highest BCUT2D eigenvalue weighted by Crippen LogP contribution is 2.20. The predicted octanol–water partition coefficient (Wildman–Crippen LogP) is 9.17. The molecule has 0 saturated carbocycles. The van der Waals surface area contributed by atoms with Crippen molar-refractivity contribution in [3.05, 3.63) is 59.7 Å². The van der Waals surface area contributed by atoms with Gasteiger partial charge in [-0.15, -0.1) is 0 Å². The second-order valence-electron chi connectivity index (χ2n) is 9.45. The summed E-state index contributed by atoms with van der Waals surface area (Å²) in [5.74, 6) is -0.372. The maximum absolute atomic E-state index is 12.3. The summed E-state index contributed by atoms with van der Waals surface area (Å²) < 4.78 is 5.38. The van der Waals surface area contributed by atoms with Crippen LogP contribution >= 0.6 is 0 Å². The van der Waals surface area contributed by atoms with Crippen molar-refractivity contribution >= 4 is 17.9 Å². The molecular weight excluding hydrogens is 434 g/mol. The molecule has 0 aliphatic carbocycles. The molecule has 2 aromatic rings. The van der Waals surface area contributed by atoms with Gasteiger partial charge in [0.15, 0.2) is 0 Å². The Labute approximate surface area is 212 Å². The van der Waals surface area contributed by atoms with E-state index in [4.69, 9.17) is 4.74 Å². The third-order valence-electron chi connectivity index (χ3n) is 6.36. The van der Waals surface area contributed by atoms with Gasteiger partial charge in [-0.3, -0.25) is 4.99 Å². The summed E-state index contributed by atoms with van der Waals surface area (Å²) in [6.07, 6.45) is 21.2. The number of rotatable bonds is 19. The number of phenolic OH excluding ortho intramolecular Hbond substituents is 1. The number of aliphatic imine (C=N–C) groups is 1. The lowest BCUT2D eigenvalue weighted by Crippen LogP contribution is -2.06. The highest BCUT2D eigenvalue weighted by Gasteiger charge is 2.10. The average molecular weight is 480 g/mol. The Bertz CT molecular complexity index is 848. The second kappa shape index (κ2) is 18.7. The number of ether oxygens (including phenoxy) is 1. The summed E-state index contributed by atoms with van der Waals surface area (Å²) in [5, 5.41) is 10.2. The summed E-state index contributed by atoms with van der Waals surface area (Å²) in [5.41, 5.74) is 1.73. The van der Waals surface area contributed by atoms with Crippen molar-refractivity contribution in [2.24, 2.45) is 4.99 Å². The minimum Gasteiger partial charge on any atom is -0.507 e. The molecule has 0 spiro atoms. The Morgan fingerprint density at radius 1 is 0.771 bits per heavy atom. The van der Waals surface area contributed by atoms with E-state index in [0.29, 0.717) is 17.7 Å². The number of aromatic hydroxyl groups is 1. The first-order chi connectivity index (χ1) is 17.2. The van der Waals surface area contributed by atoms with Crippen molar-refractivity contribution in [2.45, 2.75) is 103 Å². The van der Waals surface area contributed by atoms with Gasteiger partial charge in [0.2, 0.25) is 0 Å². The summed E-state index contributed by atoms with van der Waals surface area (Å²) in [6.45, 7) is 2.70. The van der Waals surface area contributed by atoms with E-state index < -0.39 is 5.97 Å². The van der Waals surface area contributed by atoms with Crippen molar-refractivity contribution < 1.29 is 14.6 Å². The van der Waals surface area contributed by atoms with E-state index in [-0.39, 0.29) is 5.75 Å². The standard InChI is InChI=1S/C31H45NO3/c1-2-3-4-5-6-7-8-9-10-11-12-13-14-15-19-24-35-31(34)27-22-23-28(30(33)25-27)26-32-29-20-17-16-18-21-29/h16-18,20-23,25-26,33H,2-15,19,24H2,1H3. The summed E-state index contributed by atoms with van der Waals surface area (Å²) >= 11 is 0. The van der Waals surface area contributed by atoms with Crippen LogP contribution in [0, 0.1) is 0 Å². The van der Waals surface area contributed by atoms with Crippen LogP contribution in [0.5, 0.6) is 5.75 Å². The molecule has 0 unspecified atom stereocenters. The molecule has 0 saturated heterocycles. The number of hydrogen-bond acceptors (Lipinski definition) is 4. The van der Waals surface area contributed by atoms with Gasteiger partial charge in [-0.25, -0.2) is 4.79 Å². The van der Waals surface area contributed by atoms with Crippen LogP contribution in [0.25, 0.3) is 0 Å². The van der Waals surface area contributed by atoms with Gasteiger partial charge in [0.05, 0.1) is 17.9 Å². The molecule has 0 aromatic heterocycles. The Morgan fingerprint density at radius 3 is 1.86 bits per heavy atom. The average Bonchev–Trinajstić information content (AvgIpc) is 2.88. The molecule has 0 radical (unpaired) electrons. The van der Waals surface area contributed by atoms with Crippen molar-refractivity contribution in [2.75, 3.05) is 6.61 Å². The smallest absolute Gasteiger partial charge is 0.338 e. The van der Waals surface area contributed by atoms with E-state index in [2.05, 4.69) is 11.9 Å². The first-order valence-electron chi connectivity index (χ1n) is 13.8. The molecule has 0 atom stereocenters. The number of esters is 1. The zero-order chi connectivity index (χ0) is 25.0. The van der Waals surface area contributed by atoms with Gasteiger partial charge in [0, 0.05) is 11.8 Å². The number of carbonyl (C=O) groups excluding carboxylic acids is 1. The monoisotopic (exact) mass is 479 g/mol. The highest BCUT2D eigenvalue weighted by molar-refractivity contribution is 5.92. The van der Waals surface area contributed by atoms with Gasteiger partial charge in [-0.1, -0.05) is 115 Å². The zero-order valence-corrected chi connectivity index (χ0v) is 21.7. The van der Waals surface area contributed by atoms with Crippen LogP contribution in [-0.4, -0.2) is 23.9 Å². The molecule has 4 nitrogen and oxygen atoms in total. The fourth-order valence-corrected chi connectivity index (χ4v) is 4.16. The molecular formula is C31H45NO3. The van der Waals surface area contributed by atoms with Gasteiger partial charge in [0.1, 0.15) is 5.75 Å². The number of unbranched alkanes of at least 4 members (excludes halogenated alkanes) is 14. The topological polar surface area (TPSA) is 58.9 Å². The largest absolute Gasteiger partial charge is 0.507 e. The Morgan fingerprint density at radius 2 is 1.31 bits per heavy atom. The van der Waals surface area contributed by atoms with Crippen LogP contribution in [0.3, 0.4) is 0 Å². The molecule has 0 amide bonds. The van der Waals surface area contributed by atoms with Crippen LogP contribution in [0.2, 0.25) is 0 Å². The van der Waals surface area contributed by atoms with Crippen molar-refractivity contribution in [3.8, 4) is 5.75 Å². The van der Waals surface area contributed by atoms with Gasteiger partial charge in [-0.2, -0.15) is 0 Å². The molecule has 192 valence electrons. The quantitative estimate of drug-likeness (QED) is 0.124. The van der Waals surface area contributed by atoms with Crippen LogP contribution in [-0.2, 0) is 4.74 Å². The molecule has 0 fully saturated rings. The van der Waals surface area contributed by atoms with Gasteiger partial charge in [-0.05, 0) is 36.8 Å². The summed E-state index contributed by atoms with van der Waals surface area (Å²) in [7, 11) is 0. The highest BCUT2D eigenvalue weighted by atomic mass is 16.5. The lowest BCUT2D eigenvalue weighted by Gasteiger charge is -2.07. The van der Waals surface area contributed by atoms with Crippen molar-refractivity contribution in [1.29, 1.82) is 0 Å². The van der Waals surface area contributed by atoms with E-state index in [0.717, 1.165) is 18.5 Å².